The lowest BCUT2D eigenvalue weighted by molar-refractivity contribution is -0.208. The van der Waals surface area contributed by atoms with E-state index in [0.29, 0.717) is 25.9 Å². The molecule has 2 heterocycles. The number of hydrogen-bond acceptors (Lipinski definition) is 4. The number of amides is 2. The van der Waals surface area contributed by atoms with Gasteiger partial charge in [0.2, 0.25) is 7.98 Å². The van der Waals surface area contributed by atoms with Gasteiger partial charge in [-0.1, -0.05) is 0 Å². The highest BCUT2D eigenvalue weighted by molar-refractivity contribution is 6.12. The molecule has 0 N–H and O–H groups in total. The smallest absolute Gasteiger partial charge is 0.407 e. The quantitative estimate of drug-likeness (QED) is 0.531. The molecule has 7 heteroatoms. The van der Waals surface area contributed by atoms with E-state index in [0.717, 1.165) is 4.81 Å². The van der Waals surface area contributed by atoms with Crippen LogP contribution < -0.4 is 0 Å². The second-order valence-electron chi connectivity index (χ2n) is 3.76. The lowest BCUT2D eigenvalue weighted by Gasteiger charge is -2.43. The minimum absolute atomic E-state index is 0.329. The van der Waals surface area contributed by atoms with Crippen molar-refractivity contribution in [3.05, 3.63) is 0 Å². The van der Waals surface area contributed by atoms with E-state index in [1.807, 2.05) is 0 Å². The zero-order valence-electron chi connectivity index (χ0n) is 8.43. The molecule has 2 amide bonds. The van der Waals surface area contributed by atoms with Crippen molar-refractivity contribution >= 4 is 20.2 Å². The number of hydrogen-bond donors (Lipinski definition) is 0. The Balaban J connectivity index is 2.09. The van der Waals surface area contributed by atoms with Crippen LogP contribution >= 0.6 is 0 Å². The molecule has 0 bridgehead atoms. The predicted octanol–water partition coefficient (Wildman–Crippen LogP) is 0.0806. The Bertz CT molecular complexity index is 279. The first-order valence-electron chi connectivity index (χ1n) is 4.72. The van der Waals surface area contributed by atoms with Crippen LogP contribution in [0.3, 0.4) is 0 Å². The van der Waals surface area contributed by atoms with E-state index in [-0.39, 0.29) is 0 Å². The fourth-order valence-corrected chi connectivity index (χ4v) is 1.62. The molecule has 0 aliphatic carbocycles. The summed E-state index contributed by atoms with van der Waals surface area (Å²) < 4.78 is 10.1. The minimum Gasteiger partial charge on any atom is -0.407 e. The van der Waals surface area contributed by atoms with Crippen LogP contribution in [0, 0.1) is 0 Å². The van der Waals surface area contributed by atoms with Crippen molar-refractivity contribution in [1.29, 1.82) is 0 Å². The van der Waals surface area contributed by atoms with E-state index in [2.05, 4.69) is 0 Å². The molecule has 2 aliphatic heterocycles. The van der Waals surface area contributed by atoms with Gasteiger partial charge >= 0.3 is 12.2 Å². The molecule has 6 nitrogen and oxygen atoms in total. The molecule has 2 fully saturated rings. The van der Waals surface area contributed by atoms with Crippen molar-refractivity contribution in [1.82, 2.24) is 9.71 Å². The molecule has 15 heavy (non-hydrogen) atoms. The first-order valence-corrected chi connectivity index (χ1v) is 4.72. The summed E-state index contributed by atoms with van der Waals surface area (Å²) >= 11 is 0. The van der Waals surface area contributed by atoms with Crippen LogP contribution in [-0.4, -0.2) is 55.8 Å². The van der Waals surface area contributed by atoms with Gasteiger partial charge in [0.15, 0.2) is 0 Å². The largest absolute Gasteiger partial charge is 0.412 e. The summed E-state index contributed by atoms with van der Waals surface area (Å²) in [5.74, 6) is -1.10. The maximum absolute atomic E-state index is 11.3. The average molecular weight is 210 g/mol. The van der Waals surface area contributed by atoms with Gasteiger partial charge in [0.1, 0.15) is 0 Å². The fraction of sp³-hybridized carbons (Fsp3) is 0.750. The molecule has 2 saturated heterocycles. The zero-order valence-corrected chi connectivity index (χ0v) is 8.43. The summed E-state index contributed by atoms with van der Waals surface area (Å²) in [4.78, 5) is 25.0. The summed E-state index contributed by atoms with van der Waals surface area (Å²) in [5, 5.41) is 0. The van der Waals surface area contributed by atoms with Crippen LogP contribution in [0.1, 0.15) is 12.8 Å². The third kappa shape index (κ3) is 1.73. The maximum atomic E-state index is 11.3. The van der Waals surface area contributed by atoms with Crippen molar-refractivity contribution in [2.75, 3.05) is 20.1 Å². The highest BCUT2D eigenvalue weighted by Gasteiger charge is 2.46. The molecule has 1 spiro atoms. The Hall–Kier alpha value is -1.40. The molecule has 0 saturated carbocycles. The third-order valence-electron chi connectivity index (χ3n) is 2.65. The van der Waals surface area contributed by atoms with Crippen molar-refractivity contribution in [2.45, 2.75) is 18.6 Å². The Morgan fingerprint density at radius 2 is 1.80 bits per heavy atom. The topological polar surface area (TPSA) is 59.1 Å². The standard InChI is InChI=1S/C8H11BN2O4/c1-10-4-2-8(14-6(10)12)3-5-11(9)7(13)15-8/h2-5H2,1H3. The van der Waals surface area contributed by atoms with Crippen LogP contribution in [-0.2, 0) is 9.47 Å². The number of carbonyl (C=O) groups excluding carboxylic acids is 2. The second-order valence-corrected chi connectivity index (χ2v) is 3.76. The van der Waals surface area contributed by atoms with Crippen LogP contribution in [0.15, 0.2) is 0 Å². The second kappa shape index (κ2) is 3.32. The first-order chi connectivity index (χ1) is 7.02. The van der Waals surface area contributed by atoms with Gasteiger partial charge < -0.3 is 19.2 Å². The Morgan fingerprint density at radius 3 is 2.40 bits per heavy atom. The normalized spacial score (nSPS) is 31.5. The Kier molecular flexibility index (Phi) is 2.24. The lowest BCUT2D eigenvalue weighted by atomic mass is 10.0. The van der Waals surface area contributed by atoms with Crippen molar-refractivity contribution in [3.8, 4) is 0 Å². The van der Waals surface area contributed by atoms with E-state index in [1.54, 1.807) is 7.05 Å². The molecule has 2 rings (SSSR count). The lowest BCUT2D eigenvalue weighted by Crippen LogP contribution is -2.56. The van der Waals surface area contributed by atoms with E-state index < -0.39 is 18.0 Å². The van der Waals surface area contributed by atoms with Gasteiger partial charge in [0.25, 0.3) is 5.79 Å². The molecule has 2 radical (unpaired) electrons. The summed E-state index contributed by atoms with van der Waals surface area (Å²) in [7, 11) is 6.97. The molecule has 2 aliphatic rings. The molecule has 0 aromatic heterocycles. The highest BCUT2D eigenvalue weighted by Crippen LogP contribution is 2.31. The number of ether oxygens (including phenoxy) is 2. The van der Waals surface area contributed by atoms with E-state index in [9.17, 15) is 9.59 Å². The molecule has 0 aromatic carbocycles. The van der Waals surface area contributed by atoms with Crippen molar-refractivity contribution in [3.63, 3.8) is 0 Å². The summed E-state index contributed by atoms with van der Waals surface area (Å²) in [6.07, 6.45) is -0.234. The summed E-state index contributed by atoms with van der Waals surface area (Å²) in [6.45, 7) is 0.840. The molecule has 80 valence electrons. The first kappa shape index (κ1) is 10.1. The molecule has 1 unspecified atom stereocenters. The Morgan fingerprint density at radius 1 is 1.20 bits per heavy atom. The molecular formula is C8H11BN2O4. The van der Waals surface area contributed by atoms with Crippen LogP contribution in [0.5, 0.6) is 0 Å². The van der Waals surface area contributed by atoms with Gasteiger partial charge in [0, 0.05) is 33.0 Å². The van der Waals surface area contributed by atoms with Crippen molar-refractivity contribution < 1.29 is 19.1 Å². The van der Waals surface area contributed by atoms with Gasteiger partial charge in [-0.05, 0) is 0 Å². The van der Waals surface area contributed by atoms with Gasteiger partial charge in [-0.25, -0.2) is 9.59 Å². The number of nitrogens with zero attached hydrogens (tertiary/aromatic N) is 2. The van der Waals surface area contributed by atoms with Crippen LogP contribution in [0.25, 0.3) is 0 Å². The SMILES string of the molecule is [B]N1CCC2(CCN(C)C(=O)O2)OC1=O. The van der Waals surface area contributed by atoms with E-state index >= 15 is 0 Å². The molecule has 0 aromatic rings. The van der Waals surface area contributed by atoms with E-state index in [1.165, 1.54) is 4.90 Å². The molecule has 1 atom stereocenters. The maximum Gasteiger partial charge on any atom is 0.412 e. The van der Waals surface area contributed by atoms with Crippen molar-refractivity contribution in [2.24, 2.45) is 0 Å². The Labute approximate surface area is 88.5 Å². The van der Waals surface area contributed by atoms with Gasteiger partial charge in [-0.3, -0.25) is 0 Å². The fourth-order valence-electron chi connectivity index (χ4n) is 1.62. The zero-order chi connectivity index (χ0) is 11.1. The van der Waals surface area contributed by atoms with Gasteiger partial charge in [0.05, 0.1) is 0 Å². The van der Waals surface area contributed by atoms with Crippen LogP contribution in [0.4, 0.5) is 9.59 Å². The molecular weight excluding hydrogens is 199 g/mol. The average Bonchev–Trinajstić information content (AvgIpc) is 2.19. The number of rotatable bonds is 0. The van der Waals surface area contributed by atoms with E-state index in [4.69, 9.17) is 17.5 Å². The van der Waals surface area contributed by atoms with Crippen LogP contribution in [0.2, 0.25) is 0 Å². The summed E-state index contributed by atoms with van der Waals surface area (Å²) in [5.41, 5.74) is 0. The monoisotopic (exact) mass is 210 g/mol. The highest BCUT2D eigenvalue weighted by atomic mass is 16.7. The van der Waals surface area contributed by atoms with Gasteiger partial charge in [-0.15, -0.1) is 0 Å². The van der Waals surface area contributed by atoms with Gasteiger partial charge in [-0.2, -0.15) is 0 Å². The third-order valence-corrected chi connectivity index (χ3v) is 2.65. The summed E-state index contributed by atoms with van der Waals surface area (Å²) in [6, 6.07) is 0. The predicted molar refractivity (Wildman–Crippen MR) is 50.0 cm³/mol. The minimum atomic E-state index is -1.10. The number of carbonyl (C=O) groups is 2.